The summed E-state index contributed by atoms with van der Waals surface area (Å²) in [5.74, 6) is -0.516. The molecule has 0 spiro atoms. The molecule has 0 atom stereocenters. The highest BCUT2D eigenvalue weighted by Crippen LogP contribution is 2.35. The quantitative estimate of drug-likeness (QED) is 0.550. The van der Waals surface area contributed by atoms with Crippen LogP contribution in [0.5, 0.6) is 0 Å². The standard InChI is InChI=1S/C20H24F3N7O/c21-20(22,23)15-10-26-19(30-17(15)27-12-3-1-11(24)2-4-12)29-14-7-8-16(25-9-14)18(31)28-13-5-6-13/h7-13H,1-6,24H2,(H,28,31)(H2,26,27,29,30)/t11-,12-. The molecule has 0 saturated heterocycles. The zero-order valence-electron chi connectivity index (χ0n) is 16.7. The Balaban J connectivity index is 1.48. The largest absolute Gasteiger partial charge is 0.421 e. The molecule has 2 aliphatic rings. The minimum atomic E-state index is -4.58. The number of nitrogens with zero attached hydrogens (tertiary/aromatic N) is 3. The second-order valence-corrected chi connectivity index (χ2v) is 8.01. The maximum absolute atomic E-state index is 13.4. The average Bonchev–Trinajstić information content (AvgIpc) is 3.53. The van der Waals surface area contributed by atoms with Gasteiger partial charge in [-0.3, -0.25) is 4.79 Å². The lowest BCUT2D eigenvalue weighted by molar-refractivity contribution is -0.137. The number of carbonyl (C=O) groups excluding carboxylic acids is 1. The van der Waals surface area contributed by atoms with Gasteiger partial charge in [0.1, 0.15) is 17.1 Å². The molecule has 5 N–H and O–H groups in total. The molecule has 8 nitrogen and oxygen atoms in total. The highest BCUT2D eigenvalue weighted by atomic mass is 19.4. The lowest BCUT2D eigenvalue weighted by Gasteiger charge is -2.28. The van der Waals surface area contributed by atoms with E-state index in [9.17, 15) is 18.0 Å². The topological polar surface area (TPSA) is 118 Å². The Kier molecular flexibility index (Phi) is 5.94. The second-order valence-electron chi connectivity index (χ2n) is 8.01. The molecule has 4 rings (SSSR count). The van der Waals surface area contributed by atoms with Gasteiger partial charge in [0, 0.05) is 24.3 Å². The van der Waals surface area contributed by atoms with E-state index in [4.69, 9.17) is 5.73 Å². The summed E-state index contributed by atoms with van der Waals surface area (Å²) >= 11 is 0. The summed E-state index contributed by atoms with van der Waals surface area (Å²) in [5.41, 5.74) is 5.69. The van der Waals surface area contributed by atoms with Gasteiger partial charge >= 0.3 is 6.18 Å². The summed E-state index contributed by atoms with van der Waals surface area (Å²) in [6.45, 7) is 0. The summed E-state index contributed by atoms with van der Waals surface area (Å²) in [6, 6.07) is 3.32. The molecule has 0 unspecified atom stereocenters. The fraction of sp³-hybridized carbons (Fsp3) is 0.500. The van der Waals surface area contributed by atoms with Crippen LogP contribution in [0.4, 0.5) is 30.6 Å². The lowest BCUT2D eigenvalue weighted by atomic mass is 9.92. The fourth-order valence-electron chi connectivity index (χ4n) is 3.43. The Morgan fingerprint density at radius 2 is 1.71 bits per heavy atom. The summed E-state index contributed by atoms with van der Waals surface area (Å²) in [7, 11) is 0. The van der Waals surface area contributed by atoms with Gasteiger partial charge in [-0.1, -0.05) is 0 Å². The van der Waals surface area contributed by atoms with Gasteiger partial charge in [0.05, 0.1) is 11.9 Å². The molecule has 2 aromatic heterocycles. The van der Waals surface area contributed by atoms with Crippen LogP contribution in [0.2, 0.25) is 0 Å². The average molecular weight is 435 g/mol. The first kappa shape index (κ1) is 21.3. The van der Waals surface area contributed by atoms with Gasteiger partial charge in [-0.25, -0.2) is 9.97 Å². The van der Waals surface area contributed by atoms with E-state index in [1.165, 1.54) is 12.3 Å². The van der Waals surface area contributed by atoms with E-state index >= 15 is 0 Å². The number of carbonyl (C=O) groups is 1. The van der Waals surface area contributed by atoms with E-state index in [1.54, 1.807) is 6.07 Å². The van der Waals surface area contributed by atoms with Crippen molar-refractivity contribution in [3.63, 3.8) is 0 Å². The number of nitrogens with one attached hydrogen (secondary N) is 3. The van der Waals surface area contributed by atoms with Crippen LogP contribution >= 0.6 is 0 Å². The van der Waals surface area contributed by atoms with Crippen LogP contribution in [-0.4, -0.2) is 39.0 Å². The van der Waals surface area contributed by atoms with Crippen molar-refractivity contribution in [1.82, 2.24) is 20.3 Å². The van der Waals surface area contributed by atoms with E-state index < -0.39 is 11.7 Å². The maximum atomic E-state index is 13.4. The van der Waals surface area contributed by atoms with Gasteiger partial charge in [-0.15, -0.1) is 0 Å². The number of nitrogens with two attached hydrogens (primary N) is 1. The normalized spacial score (nSPS) is 21.4. The Labute approximate surface area is 177 Å². The SMILES string of the molecule is N[C@H]1CC[C@H](Nc2nc(Nc3ccc(C(=O)NC4CC4)nc3)ncc2C(F)(F)F)CC1. The van der Waals surface area contributed by atoms with Crippen LogP contribution in [-0.2, 0) is 6.18 Å². The van der Waals surface area contributed by atoms with Gasteiger partial charge in [0.25, 0.3) is 5.91 Å². The van der Waals surface area contributed by atoms with Crippen LogP contribution in [0, 0.1) is 0 Å². The maximum Gasteiger partial charge on any atom is 0.421 e. The molecule has 2 heterocycles. The summed E-state index contributed by atoms with van der Waals surface area (Å²) in [5, 5.41) is 8.60. The van der Waals surface area contributed by atoms with Gasteiger partial charge in [0.2, 0.25) is 5.95 Å². The minimum Gasteiger partial charge on any atom is -0.367 e. The fourth-order valence-corrected chi connectivity index (χ4v) is 3.43. The predicted molar refractivity (Wildman–Crippen MR) is 109 cm³/mol. The molecule has 0 aromatic carbocycles. The minimum absolute atomic E-state index is 0.00000669. The molecule has 0 aliphatic heterocycles. The first-order valence-corrected chi connectivity index (χ1v) is 10.3. The molecular weight excluding hydrogens is 411 g/mol. The van der Waals surface area contributed by atoms with Crippen molar-refractivity contribution in [1.29, 1.82) is 0 Å². The molecular formula is C20H24F3N7O. The first-order chi connectivity index (χ1) is 14.8. The molecule has 11 heteroatoms. The highest BCUT2D eigenvalue weighted by Gasteiger charge is 2.36. The number of hydrogen-bond donors (Lipinski definition) is 4. The monoisotopic (exact) mass is 435 g/mol. The number of halogens is 3. The van der Waals surface area contributed by atoms with Crippen molar-refractivity contribution in [2.45, 2.75) is 62.8 Å². The smallest absolute Gasteiger partial charge is 0.367 e. The third-order valence-electron chi connectivity index (χ3n) is 5.37. The molecule has 1 amide bonds. The number of rotatable bonds is 6. The van der Waals surface area contributed by atoms with Crippen LogP contribution in [0.3, 0.4) is 0 Å². The Morgan fingerprint density at radius 3 is 2.32 bits per heavy atom. The van der Waals surface area contributed by atoms with Gasteiger partial charge in [-0.2, -0.15) is 18.2 Å². The van der Waals surface area contributed by atoms with Crippen molar-refractivity contribution < 1.29 is 18.0 Å². The molecule has 0 bridgehead atoms. The number of alkyl halides is 3. The summed E-state index contributed by atoms with van der Waals surface area (Å²) in [6.07, 6.45) is 2.41. The number of pyridine rings is 1. The van der Waals surface area contributed by atoms with Crippen LogP contribution in [0.25, 0.3) is 0 Å². The second kappa shape index (κ2) is 8.66. The number of amides is 1. The van der Waals surface area contributed by atoms with Crippen molar-refractivity contribution >= 4 is 23.4 Å². The highest BCUT2D eigenvalue weighted by molar-refractivity contribution is 5.92. The lowest BCUT2D eigenvalue weighted by Crippen LogP contribution is -2.33. The van der Waals surface area contributed by atoms with Gasteiger partial charge < -0.3 is 21.7 Å². The zero-order chi connectivity index (χ0) is 22.0. The Morgan fingerprint density at radius 1 is 1.00 bits per heavy atom. The predicted octanol–water partition coefficient (Wildman–Crippen LogP) is 3.21. The van der Waals surface area contributed by atoms with E-state index in [0.717, 1.165) is 31.9 Å². The third kappa shape index (κ3) is 5.60. The zero-order valence-corrected chi connectivity index (χ0v) is 16.7. The van der Waals surface area contributed by atoms with Crippen molar-refractivity contribution in [3.05, 3.63) is 35.8 Å². The van der Waals surface area contributed by atoms with Crippen molar-refractivity contribution in [2.75, 3.05) is 10.6 Å². The summed E-state index contributed by atoms with van der Waals surface area (Å²) < 4.78 is 40.3. The van der Waals surface area contributed by atoms with Crippen LogP contribution in [0.1, 0.15) is 54.6 Å². The Bertz CT molecular complexity index is 923. The van der Waals surface area contributed by atoms with Crippen molar-refractivity contribution in [2.24, 2.45) is 5.73 Å². The Hall–Kier alpha value is -2.95. The van der Waals surface area contributed by atoms with Crippen LogP contribution in [0.15, 0.2) is 24.5 Å². The van der Waals surface area contributed by atoms with E-state index in [2.05, 4.69) is 30.9 Å². The molecule has 2 aliphatic carbocycles. The summed E-state index contributed by atoms with van der Waals surface area (Å²) in [4.78, 5) is 24.0. The third-order valence-corrected chi connectivity index (χ3v) is 5.37. The molecule has 31 heavy (non-hydrogen) atoms. The number of aromatic nitrogens is 3. The number of anilines is 3. The van der Waals surface area contributed by atoms with Crippen molar-refractivity contribution in [3.8, 4) is 0 Å². The first-order valence-electron chi connectivity index (χ1n) is 10.3. The van der Waals surface area contributed by atoms with Crippen LogP contribution < -0.4 is 21.7 Å². The van der Waals surface area contributed by atoms with Gasteiger partial charge in [0.15, 0.2) is 0 Å². The van der Waals surface area contributed by atoms with E-state index in [1.807, 2.05) is 0 Å². The molecule has 2 aromatic rings. The molecule has 166 valence electrons. The van der Waals surface area contributed by atoms with Gasteiger partial charge in [-0.05, 0) is 50.7 Å². The van der Waals surface area contributed by atoms with E-state index in [-0.39, 0.29) is 41.5 Å². The van der Waals surface area contributed by atoms with E-state index in [0.29, 0.717) is 18.5 Å². The molecule has 2 fully saturated rings. The number of hydrogen-bond acceptors (Lipinski definition) is 7. The molecule has 2 saturated carbocycles. The molecule has 0 radical (unpaired) electrons.